The molecule has 0 bridgehead atoms. The molecular formula is C15H10O4. The maximum Gasteiger partial charge on any atom is 0.336 e. The first-order valence-electron chi connectivity index (χ1n) is 5.79. The summed E-state index contributed by atoms with van der Waals surface area (Å²) in [5, 5.41) is 18.2. The molecule has 0 atom stereocenters. The Kier molecular flexibility index (Phi) is 2.38. The van der Waals surface area contributed by atoms with Crippen molar-refractivity contribution in [1.29, 1.82) is 0 Å². The largest absolute Gasteiger partial charge is 0.478 e. The first-order chi connectivity index (χ1) is 9.08. The van der Waals surface area contributed by atoms with Crippen LogP contribution in [0.4, 0.5) is 0 Å². The van der Waals surface area contributed by atoms with E-state index >= 15 is 0 Å². The van der Waals surface area contributed by atoms with E-state index in [1.807, 2.05) is 6.07 Å². The van der Waals surface area contributed by atoms with Crippen molar-refractivity contribution in [2.24, 2.45) is 0 Å². The topological polar surface area (TPSA) is 74.6 Å². The van der Waals surface area contributed by atoms with Gasteiger partial charge in [-0.1, -0.05) is 18.2 Å². The van der Waals surface area contributed by atoms with Gasteiger partial charge in [0, 0.05) is 0 Å². The predicted molar refractivity (Wildman–Crippen MR) is 68.6 cm³/mol. The molecule has 3 rings (SSSR count). The fraction of sp³-hybridized carbons (Fsp3) is 0.0667. The summed E-state index contributed by atoms with van der Waals surface area (Å²) in [4.78, 5) is 22.2. The molecule has 4 nitrogen and oxygen atoms in total. The highest BCUT2D eigenvalue weighted by Crippen LogP contribution is 2.39. The van der Waals surface area contributed by atoms with Gasteiger partial charge in [0.15, 0.2) is 0 Å². The number of hydrogen-bond donors (Lipinski definition) is 2. The number of carboxylic acids is 2. The van der Waals surface area contributed by atoms with E-state index in [0.29, 0.717) is 12.0 Å². The molecule has 1 aliphatic rings. The fourth-order valence-corrected chi connectivity index (χ4v) is 2.57. The van der Waals surface area contributed by atoms with Crippen molar-refractivity contribution in [3.8, 4) is 11.1 Å². The lowest BCUT2D eigenvalue weighted by Crippen LogP contribution is -2.00. The molecule has 1 aliphatic carbocycles. The third-order valence-electron chi connectivity index (χ3n) is 3.38. The second-order valence-electron chi connectivity index (χ2n) is 4.50. The third-order valence-corrected chi connectivity index (χ3v) is 3.38. The minimum absolute atomic E-state index is 0.225. The minimum Gasteiger partial charge on any atom is -0.478 e. The summed E-state index contributed by atoms with van der Waals surface area (Å²) in [6, 6.07) is 9.98. The molecule has 2 aromatic carbocycles. The molecule has 0 spiro atoms. The van der Waals surface area contributed by atoms with Crippen molar-refractivity contribution in [2.75, 3.05) is 0 Å². The molecule has 0 unspecified atom stereocenters. The normalized spacial score (nSPS) is 11.8. The van der Waals surface area contributed by atoms with Gasteiger partial charge in [-0.3, -0.25) is 0 Å². The first-order valence-corrected chi connectivity index (χ1v) is 5.79. The van der Waals surface area contributed by atoms with E-state index in [2.05, 4.69) is 0 Å². The Hall–Kier alpha value is -2.62. The van der Waals surface area contributed by atoms with Gasteiger partial charge in [0.05, 0.1) is 11.1 Å². The molecule has 0 saturated heterocycles. The van der Waals surface area contributed by atoms with Crippen LogP contribution in [0.25, 0.3) is 11.1 Å². The number of fused-ring (bicyclic) bond motifs is 3. The second-order valence-corrected chi connectivity index (χ2v) is 4.50. The molecule has 2 aromatic rings. The summed E-state index contributed by atoms with van der Waals surface area (Å²) in [7, 11) is 0. The summed E-state index contributed by atoms with van der Waals surface area (Å²) in [6.45, 7) is 0. The number of carboxylic acid groups (broad SMARTS) is 2. The van der Waals surface area contributed by atoms with Crippen molar-refractivity contribution < 1.29 is 19.8 Å². The third kappa shape index (κ3) is 1.69. The summed E-state index contributed by atoms with van der Waals surface area (Å²) in [6.07, 6.45) is 0.576. The Morgan fingerprint density at radius 3 is 2.42 bits per heavy atom. The van der Waals surface area contributed by atoms with Crippen LogP contribution >= 0.6 is 0 Å². The SMILES string of the molecule is O=C(O)c1ccc2c(c1)Cc1cccc(C(=O)O)c1-2. The Labute approximate surface area is 108 Å². The number of aromatic carboxylic acids is 2. The van der Waals surface area contributed by atoms with Crippen LogP contribution in [0.5, 0.6) is 0 Å². The molecular weight excluding hydrogens is 244 g/mol. The average Bonchev–Trinajstić information content (AvgIpc) is 2.75. The first kappa shape index (κ1) is 11.5. The summed E-state index contributed by atoms with van der Waals surface area (Å²) in [5.74, 6) is -1.94. The van der Waals surface area contributed by atoms with E-state index < -0.39 is 11.9 Å². The monoisotopic (exact) mass is 254 g/mol. The fourth-order valence-electron chi connectivity index (χ4n) is 2.57. The van der Waals surface area contributed by atoms with Gasteiger partial charge < -0.3 is 10.2 Å². The van der Waals surface area contributed by atoms with Crippen LogP contribution in [0.3, 0.4) is 0 Å². The number of rotatable bonds is 2. The van der Waals surface area contributed by atoms with Gasteiger partial charge in [0.25, 0.3) is 0 Å². The number of benzene rings is 2. The molecule has 0 amide bonds. The van der Waals surface area contributed by atoms with Crippen LogP contribution in [0.1, 0.15) is 31.8 Å². The minimum atomic E-state index is -0.975. The van der Waals surface area contributed by atoms with Gasteiger partial charge in [-0.15, -0.1) is 0 Å². The van der Waals surface area contributed by atoms with Gasteiger partial charge in [-0.05, 0) is 46.9 Å². The van der Waals surface area contributed by atoms with Crippen LogP contribution in [0.15, 0.2) is 36.4 Å². The van der Waals surface area contributed by atoms with Gasteiger partial charge in [-0.2, -0.15) is 0 Å². The molecule has 19 heavy (non-hydrogen) atoms. The second kappa shape index (κ2) is 3.95. The lowest BCUT2D eigenvalue weighted by molar-refractivity contribution is 0.0686. The van der Waals surface area contributed by atoms with E-state index in [4.69, 9.17) is 5.11 Å². The van der Waals surface area contributed by atoms with Crippen molar-refractivity contribution in [1.82, 2.24) is 0 Å². The van der Waals surface area contributed by atoms with E-state index in [1.54, 1.807) is 24.3 Å². The maximum atomic E-state index is 11.3. The zero-order valence-corrected chi connectivity index (χ0v) is 9.88. The van der Waals surface area contributed by atoms with Crippen molar-refractivity contribution in [3.05, 3.63) is 58.7 Å². The molecule has 94 valence electrons. The lowest BCUT2D eigenvalue weighted by Gasteiger charge is -2.05. The van der Waals surface area contributed by atoms with Crippen molar-refractivity contribution in [2.45, 2.75) is 6.42 Å². The average molecular weight is 254 g/mol. The summed E-state index contributed by atoms with van der Waals surface area (Å²) >= 11 is 0. The van der Waals surface area contributed by atoms with Gasteiger partial charge >= 0.3 is 11.9 Å². The van der Waals surface area contributed by atoms with Gasteiger partial charge in [0.1, 0.15) is 0 Å². The maximum absolute atomic E-state index is 11.3. The van der Waals surface area contributed by atoms with Crippen LogP contribution in [0.2, 0.25) is 0 Å². The number of carbonyl (C=O) groups is 2. The van der Waals surface area contributed by atoms with E-state index in [1.165, 1.54) is 6.07 Å². The Bertz CT molecular complexity index is 716. The highest BCUT2D eigenvalue weighted by atomic mass is 16.4. The molecule has 0 aromatic heterocycles. The highest BCUT2D eigenvalue weighted by molar-refractivity contribution is 5.99. The molecule has 0 fully saturated rings. The predicted octanol–water partition coefficient (Wildman–Crippen LogP) is 2.65. The Balaban J connectivity index is 2.23. The van der Waals surface area contributed by atoms with E-state index in [-0.39, 0.29) is 11.1 Å². The molecule has 0 radical (unpaired) electrons. The standard InChI is InChI=1S/C15H10O4/c16-14(17)9-4-5-11-10(7-9)6-8-2-1-3-12(13(8)11)15(18)19/h1-5,7H,6H2,(H,16,17)(H,18,19). The Morgan fingerprint density at radius 1 is 0.947 bits per heavy atom. The van der Waals surface area contributed by atoms with Crippen LogP contribution in [-0.4, -0.2) is 22.2 Å². The molecule has 2 N–H and O–H groups in total. The summed E-state index contributed by atoms with van der Waals surface area (Å²) < 4.78 is 0. The molecule has 4 heteroatoms. The zero-order valence-electron chi connectivity index (χ0n) is 9.88. The molecule has 0 saturated carbocycles. The van der Waals surface area contributed by atoms with Crippen LogP contribution in [0, 0.1) is 0 Å². The Morgan fingerprint density at radius 2 is 1.74 bits per heavy atom. The van der Waals surface area contributed by atoms with E-state index in [9.17, 15) is 14.7 Å². The number of hydrogen-bond acceptors (Lipinski definition) is 2. The van der Waals surface area contributed by atoms with Crippen LogP contribution in [-0.2, 0) is 6.42 Å². The highest BCUT2D eigenvalue weighted by Gasteiger charge is 2.24. The zero-order chi connectivity index (χ0) is 13.6. The van der Waals surface area contributed by atoms with Crippen molar-refractivity contribution in [3.63, 3.8) is 0 Å². The van der Waals surface area contributed by atoms with E-state index in [0.717, 1.165) is 16.7 Å². The van der Waals surface area contributed by atoms with Crippen molar-refractivity contribution >= 4 is 11.9 Å². The molecule has 0 heterocycles. The van der Waals surface area contributed by atoms with Gasteiger partial charge in [0.2, 0.25) is 0 Å². The quantitative estimate of drug-likeness (QED) is 0.737. The smallest absolute Gasteiger partial charge is 0.336 e. The van der Waals surface area contributed by atoms with Crippen LogP contribution < -0.4 is 0 Å². The summed E-state index contributed by atoms with van der Waals surface area (Å²) in [5.41, 5.74) is 3.81. The molecule has 0 aliphatic heterocycles. The van der Waals surface area contributed by atoms with Gasteiger partial charge in [-0.25, -0.2) is 9.59 Å². The lowest BCUT2D eigenvalue weighted by atomic mass is 9.99.